The lowest BCUT2D eigenvalue weighted by molar-refractivity contribution is 0.153. The van der Waals surface area contributed by atoms with Crippen LogP contribution in [0.1, 0.15) is 64.1 Å². The van der Waals surface area contributed by atoms with Gasteiger partial charge in [0.2, 0.25) is 0 Å². The molecule has 0 amide bonds. The molecule has 0 spiro atoms. The maximum atomic E-state index is 6.12. The van der Waals surface area contributed by atoms with E-state index >= 15 is 0 Å². The number of thiazole rings is 1. The first-order chi connectivity index (χ1) is 8.85. The monoisotopic (exact) mass is 280 g/mol. The SMILES string of the molecule is CC1CCCC(CN)(Cc2nc(C(C)(C)C)cs2)C1. The summed E-state index contributed by atoms with van der Waals surface area (Å²) in [5.74, 6) is 0.819. The van der Waals surface area contributed by atoms with E-state index in [1.54, 1.807) is 0 Å². The number of nitrogens with zero attached hydrogens (tertiary/aromatic N) is 1. The van der Waals surface area contributed by atoms with Crippen molar-refractivity contribution in [1.82, 2.24) is 4.98 Å². The van der Waals surface area contributed by atoms with Crippen LogP contribution < -0.4 is 5.73 Å². The van der Waals surface area contributed by atoms with Gasteiger partial charge in [-0.3, -0.25) is 0 Å². The van der Waals surface area contributed by atoms with Crippen LogP contribution in [0.25, 0.3) is 0 Å². The Kier molecular flexibility index (Phi) is 4.36. The smallest absolute Gasteiger partial charge is 0.0934 e. The molecular weight excluding hydrogens is 252 g/mol. The van der Waals surface area contributed by atoms with Gasteiger partial charge in [-0.05, 0) is 30.7 Å². The second-order valence-electron chi connectivity index (χ2n) is 7.46. The van der Waals surface area contributed by atoms with Crippen molar-refractivity contribution in [2.24, 2.45) is 17.1 Å². The predicted molar refractivity (Wildman–Crippen MR) is 83.6 cm³/mol. The van der Waals surface area contributed by atoms with E-state index in [1.807, 2.05) is 11.3 Å². The number of hydrogen-bond acceptors (Lipinski definition) is 3. The Hall–Kier alpha value is -0.410. The molecule has 2 unspecified atom stereocenters. The molecule has 0 saturated heterocycles. The molecule has 19 heavy (non-hydrogen) atoms. The summed E-state index contributed by atoms with van der Waals surface area (Å²) in [5.41, 5.74) is 7.81. The van der Waals surface area contributed by atoms with Gasteiger partial charge in [0.25, 0.3) is 0 Å². The number of rotatable bonds is 3. The molecular formula is C16H28N2S. The summed E-state index contributed by atoms with van der Waals surface area (Å²) in [5, 5.41) is 3.51. The van der Waals surface area contributed by atoms with Gasteiger partial charge in [0.15, 0.2) is 0 Å². The lowest BCUT2D eigenvalue weighted by Crippen LogP contribution is -2.37. The Labute approximate surface area is 121 Å². The van der Waals surface area contributed by atoms with E-state index in [-0.39, 0.29) is 5.41 Å². The van der Waals surface area contributed by atoms with Gasteiger partial charge in [-0.25, -0.2) is 4.98 Å². The molecule has 2 rings (SSSR count). The zero-order valence-corrected chi connectivity index (χ0v) is 13.6. The summed E-state index contributed by atoms with van der Waals surface area (Å²) in [6.45, 7) is 9.86. The van der Waals surface area contributed by atoms with Crippen LogP contribution >= 0.6 is 11.3 Å². The minimum Gasteiger partial charge on any atom is -0.330 e. The van der Waals surface area contributed by atoms with Crippen LogP contribution in [-0.2, 0) is 11.8 Å². The van der Waals surface area contributed by atoms with Crippen molar-refractivity contribution >= 4 is 11.3 Å². The molecule has 1 fully saturated rings. The van der Waals surface area contributed by atoms with E-state index in [9.17, 15) is 0 Å². The second kappa shape index (κ2) is 5.53. The fourth-order valence-electron chi connectivity index (χ4n) is 3.24. The van der Waals surface area contributed by atoms with Crippen molar-refractivity contribution in [2.75, 3.05) is 6.54 Å². The summed E-state index contributed by atoms with van der Waals surface area (Å²) < 4.78 is 0. The standard InChI is InChI=1S/C16H28N2S/c1-12-6-5-7-16(8-12,11-17)9-14-18-13(10-19-14)15(2,3)4/h10,12H,5-9,11,17H2,1-4H3. The molecule has 0 aliphatic heterocycles. The Morgan fingerprint density at radius 3 is 2.74 bits per heavy atom. The lowest BCUT2D eigenvalue weighted by atomic mass is 9.68. The van der Waals surface area contributed by atoms with E-state index < -0.39 is 0 Å². The fraction of sp³-hybridized carbons (Fsp3) is 0.812. The number of hydrogen-bond donors (Lipinski definition) is 1. The van der Waals surface area contributed by atoms with Gasteiger partial charge in [-0.2, -0.15) is 0 Å². The molecule has 2 nitrogen and oxygen atoms in total. The van der Waals surface area contributed by atoms with E-state index in [0.29, 0.717) is 5.41 Å². The van der Waals surface area contributed by atoms with Crippen LogP contribution in [0.5, 0.6) is 0 Å². The van der Waals surface area contributed by atoms with Crippen LogP contribution in [0.3, 0.4) is 0 Å². The van der Waals surface area contributed by atoms with Crippen molar-refractivity contribution in [2.45, 2.75) is 65.2 Å². The normalized spacial score (nSPS) is 28.6. The molecule has 1 aromatic rings. The lowest BCUT2D eigenvalue weighted by Gasteiger charge is -2.38. The summed E-state index contributed by atoms with van der Waals surface area (Å²) in [4.78, 5) is 4.86. The maximum Gasteiger partial charge on any atom is 0.0934 e. The average Bonchev–Trinajstić information content (AvgIpc) is 2.77. The molecule has 2 atom stereocenters. The maximum absolute atomic E-state index is 6.12. The molecule has 1 aromatic heterocycles. The molecule has 0 bridgehead atoms. The highest BCUT2D eigenvalue weighted by Gasteiger charge is 2.35. The molecule has 1 saturated carbocycles. The second-order valence-corrected chi connectivity index (χ2v) is 8.40. The third-order valence-corrected chi connectivity index (χ3v) is 5.31. The first-order valence-corrected chi connectivity index (χ1v) is 8.38. The van der Waals surface area contributed by atoms with Gasteiger partial charge in [-0.15, -0.1) is 11.3 Å². The summed E-state index contributed by atoms with van der Waals surface area (Å²) in [6, 6.07) is 0. The molecule has 3 heteroatoms. The largest absolute Gasteiger partial charge is 0.330 e. The van der Waals surface area contributed by atoms with Crippen molar-refractivity contribution in [3.63, 3.8) is 0 Å². The van der Waals surface area contributed by atoms with Gasteiger partial charge in [0.1, 0.15) is 0 Å². The van der Waals surface area contributed by atoms with Crippen molar-refractivity contribution in [3.8, 4) is 0 Å². The Morgan fingerprint density at radius 2 is 2.21 bits per heavy atom. The minimum absolute atomic E-state index is 0.157. The molecule has 0 aromatic carbocycles. The van der Waals surface area contributed by atoms with Gasteiger partial charge in [0.05, 0.1) is 10.7 Å². The fourth-order valence-corrected chi connectivity index (χ4v) is 4.44. The summed E-state index contributed by atoms with van der Waals surface area (Å²) >= 11 is 1.82. The first-order valence-electron chi connectivity index (χ1n) is 7.50. The number of aromatic nitrogens is 1. The van der Waals surface area contributed by atoms with Gasteiger partial charge >= 0.3 is 0 Å². The Morgan fingerprint density at radius 1 is 1.47 bits per heavy atom. The molecule has 1 aliphatic carbocycles. The van der Waals surface area contributed by atoms with Crippen LogP contribution in [0, 0.1) is 11.3 Å². The average molecular weight is 280 g/mol. The van der Waals surface area contributed by atoms with Crippen LogP contribution in [-0.4, -0.2) is 11.5 Å². The van der Waals surface area contributed by atoms with Crippen LogP contribution in [0.4, 0.5) is 0 Å². The van der Waals surface area contributed by atoms with E-state index in [4.69, 9.17) is 10.7 Å². The van der Waals surface area contributed by atoms with Gasteiger partial charge in [0, 0.05) is 17.2 Å². The topological polar surface area (TPSA) is 38.9 Å². The third kappa shape index (κ3) is 3.57. The molecule has 1 heterocycles. The van der Waals surface area contributed by atoms with Crippen molar-refractivity contribution in [1.29, 1.82) is 0 Å². The number of nitrogens with two attached hydrogens (primary N) is 1. The van der Waals surface area contributed by atoms with E-state index in [1.165, 1.54) is 36.4 Å². The van der Waals surface area contributed by atoms with Crippen molar-refractivity contribution < 1.29 is 0 Å². The molecule has 1 aliphatic rings. The quantitative estimate of drug-likeness (QED) is 0.904. The first kappa shape index (κ1) is 15.0. The Bertz CT molecular complexity index is 419. The molecule has 0 radical (unpaired) electrons. The van der Waals surface area contributed by atoms with Crippen LogP contribution in [0.2, 0.25) is 0 Å². The van der Waals surface area contributed by atoms with Gasteiger partial charge in [-0.1, -0.05) is 40.5 Å². The highest BCUT2D eigenvalue weighted by atomic mass is 32.1. The van der Waals surface area contributed by atoms with Crippen LogP contribution in [0.15, 0.2) is 5.38 Å². The zero-order chi connectivity index (χ0) is 14.1. The van der Waals surface area contributed by atoms with Gasteiger partial charge < -0.3 is 5.73 Å². The van der Waals surface area contributed by atoms with E-state index in [2.05, 4.69) is 33.1 Å². The zero-order valence-electron chi connectivity index (χ0n) is 12.8. The highest BCUT2D eigenvalue weighted by molar-refractivity contribution is 7.09. The predicted octanol–water partition coefficient (Wildman–Crippen LogP) is 4.14. The summed E-state index contributed by atoms with van der Waals surface area (Å²) in [7, 11) is 0. The summed E-state index contributed by atoms with van der Waals surface area (Å²) in [6.07, 6.45) is 6.32. The molecule has 2 N–H and O–H groups in total. The third-order valence-electron chi connectivity index (χ3n) is 4.46. The highest BCUT2D eigenvalue weighted by Crippen LogP contribution is 2.41. The van der Waals surface area contributed by atoms with E-state index in [0.717, 1.165) is 18.9 Å². The Balaban J connectivity index is 2.12. The van der Waals surface area contributed by atoms with Crippen molar-refractivity contribution in [3.05, 3.63) is 16.1 Å². The minimum atomic E-state index is 0.157. The molecule has 108 valence electrons.